The molecule has 66 valence electrons. The smallest absolute Gasteiger partial charge is 0.371 e. The van der Waals surface area contributed by atoms with Crippen molar-refractivity contribution in [3.8, 4) is 6.07 Å². The zero-order chi connectivity index (χ0) is 9.78. The Labute approximate surface area is 70.2 Å². The van der Waals surface area contributed by atoms with Gasteiger partial charge in [0.25, 0.3) is 5.71 Å². The third-order valence-corrected chi connectivity index (χ3v) is 0.798. The number of esters is 1. The normalized spacial score (nSPS) is 12.0. The first kappa shape index (κ1) is 10.4. The number of carbonyl (C=O) groups is 1. The number of ether oxygens (including phenoxy) is 1. The molecule has 0 aromatic heterocycles. The molecule has 0 bridgehead atoms. The van der Waals surface area contributed by atoms with Crippen LogP contribution in [-0.2, 0) is 9.53 Å². The minimum atomic E-state index is -0.924. The van der Waals surface area contributed by atoms with Crippen molar-refractivity contribution in [2.24, 2.45) is 5.16 Å². The summed E-state index contributed by atoms with van der Waals surface area (Å²) in [6, 6.07) is 1.40. The molecular weight excluding hydrogens is 160 g/mol. The minimum absolute atomic E-state index is 0.648. The van der Waals surface area contributed by atoms with E-state index in [4.69, 9.17) is 15.2 Å². The van der Waals surface area contributed by atoms with Crippen molar-refractivity contribution in [2.75, 3.05) is 0 Å². The SMILES string of the molecule is CC(C)(C)OC(=O)C(C#N)=NO. The molecular formula is C7H10N2O3. The zero-order valence-electron chi connectivity index (χ0n) is 7.16. The standard InChI is InChI=1S/C7H10N2O3/c1-7(2,3)12-6(10)5(4-8)9-11/h11H,1-3H3. The van der Waals surface area contributed by atoms with Gasteiger partial charge in [-0.1, -0.05) is 5.16 Å². The van der Waals surface area contributed by atoms with Crippen LogP contribution in [0.1, 0.15) is 20.8 Å². The molecule has 0 radical (unpaired) electrons. The van der Waals surface area contributed by atoms with Crippen molar-refractivity contribution in [3.05, 3.63) is 0 Å². The van der Waals surface area contributed by atoms with Crippen LogP contribution in [0.15, 0.2) is 5.16 Å². The first-order valence-corrected chi connectivity index (χ1v) is 3.26. The third kappa shape index (κ3) is 3.56. The first-order valence-electron chi connectivity index (χ1n) is 3.26. The van der Waals surface area contributed by atoms with Crippen LogP contribution in [0.25, 0.3) is 0 Å². The monoisotopic (exact) mass is 170 g/mol. The lowest BCUT2D eigenvalue weighted by atomic mass is 10.2. The molecule has 0 saturated carbocycles. The Morgan fingerprint density at radius 1 is 1.58 bits per heavy atom. The van der Waals surface area contributed by atoms with Crippen molar-refractivity contribution in [1.82, 2.24) is 0 Å². The Hall–Kier alpha value is -1.57. The molecule has 0 saturated heterocycles. The van der Waals surface area contributed by atoms with Crippen molar-refractivity contribution in [2.45, 2.75) is 26.4 Å². The maximum Gasteiger partial charge on any atom is 0.371 e. The molecule has 0 unspecified atom stereocenters. The van der Waals surface area contributed by atoms with Gasteiger partial charge in [0.05, 0.1) is 0 Å². The van der Waals surface area contributed by atoms with Crippen LogP contribution < -0.4 is 0 Å². The Morgan fingerprint density at radius 3 is 2.33 bits per heavy atom. The molecule has 12 heavy (non-hydrogen) atoms. The number of hydrogen-bond donors (Lipinski definition) is 1. The van der Waals surface area contributed by atoms with Gasteiger partial charge in [-0.05, 0) is 20.8 Å². The Morgan fingerprint density at radius 2 is 2.08 bits per heavy atom. The summed E-state index contributed by atoms with van der Waals surface area (Å²) < 4.78 is 4.73. The molecule has 0 aromatic carbocycles. The predicted molar refractivity (Wildman–Crippen MR) is 40.7 cm³/mol. The molecule has 0 aliphatic rings. The molecule has 5 nitrogen and oxygen atoms in total. The summed E-state index contributed by atoms with van der Waals surface area (Å²) in [5, 5.41) is 18.9. The molecule has 0 amide bonds. The summed E-state index contributed by atoms with van der Waals surface area (Å²) in [5.41, 5.74) is -1.34. The number of nitriles is 1. The number of rotatable bonds is 1. The van der Waals surface area contributed by atoms with Crippen molar-refractivity contribution < 1.29 is 14.7 Å². The molecule has 1 N–H and O–H groups in total. The van der Waals surface area contributed by atoms with Gasteiger partial charge in [0.1, 0.15) is 11.7 Å². The van der Waals surface area contributed by atoms with E-state index >= 15 is 0 Å². The summed E-state index contributed by atoms with van der Waals surface area (Å²) in [6.07, 6.45) is 0. The van der Waals surface area contributed by atoms with E-state index in [9.17, 15) is 4.79 Å². The lowest BCUT2D eigenvalue weighted by Crippen LogP contribution is -2.28. The van der Waals surface area contributed by atoms with E-state index in [1.54, 1.807) is 20.8 Å². The number of oxime groups is 1. The van der Waals surface area contributed by atoms with E-state index in [1.165, 1.54) is 6.07 Å². The van der Waals surface area contributed by atoms with E-state index in [2.05, 4.69) is 5.16 Å². The molecule has 0 aliphatic carbocycles. The Kier molecular flexibility index (Phi) is 3.23. The Bertz CT molecular complexity index is 244. The molecule has 5 heteroatoms. The van der Waals surface area contributed by atoms with E-state index in [0.717, 1.165) is 0 Å². The number of carbonyl (C=O) groups excluding carboxylic acids is 1. The molecule has 0 spiro atoms. The summed E-state index contributed by atoms with van der Waals surface area (Å²) in [6.45, 7) is 4.95. The molecule has 0 aromatic rings. The second-order valence-electron chi connectivity index (χ2n) is 3.06. The fraction of sp³-hybridized carbons (Fsp3) is 0.571. The summed E-state index contributed by atoms with van der Waals surface area (Å²) in [5.74, 6) is -0.924. The van der Waals surface area contributed by atoms with Crippen molar-refractivity contribution >= 4 is 11.7 Å². The van der Waals surface area contributed by atoms with Crippen LogP contribution in [0.3, 0.4) is 0 Å². The van der Waals surface area contributed by atoms with Gasteiger partial charge in [-0.25, -0.2) is 4.79 Å². The van der Waals surface area contributed by atoms with Gasteiger partial charge in [0, 0.05) is 0 Å². The van der Waals surface area contributed by atoms with Crippen LogP contribution in [0.5, 0.6) is 0 Å². The average molecular weight is 170 g/mol. The first-order chi connectivity index (χ1) is 5.40. The van der Waals surface area contributed by atoms with Crippen LogP contribution >= 0.6 is 0 Å². The quantitative estimate of drug-likeness (QED) is 0.271. The molecule has 0 rings (SSSR count). The second kappa shape index (κ2) is 3.72. The van der Waals surface area contributed by atoms with E-state index in [-0.39, 0.29) is 0 Å². The van der Waals surface area contributed by atoms with Crippen molar-refractivity contribution in [3.63, 3.8) is 0 Å². The van der Waals surface area contributed by atoms with Crippen LogP contribution in [0.2, 0.25) is 0 Å². The van der Waals surface area contributed by atoms with E-state index < -0.39 is 17.3 Å². The Balaban J connectivity index is 4.36. The second-order valence-corrected chi connectivity index (χ2v) is 3.06. The summed E-state index contributed by atoms with van der Waals surface area (Å²) >= 11 is 0. The van der Waals surface area contributed by atoms with Gasteiger partial charge in [-0.2, -0.15) is 5.26 Å². The molecule has 0 atom stereocenters. The highest BCUT2D eigenvalue weighted by Crippen LogP contribution is 2.07. The highest BCUT2D eigenvalue weighted by Gasteiger charge is 2.21. The van der Waals surface area contributed by atoms with Crippen LogP contribution in [0.4, 0.5) is 0 Å². The topological polar surface area (TPSA) is 82.7 Å². The zero-order valence-corrected chi connectivity index (χ0v) is 7.16. The molecule has 0 fully saturated rings. The lowest BCUT2D eigenvalue weighted by molar-refractivity contribution is -0.146. The van der Waals surface area contributed by atoms with Gasteiger partial charge in [0.2, 0.25) is 0 Å². The van der Waals surface area contributed by atoms with Gasteiger partial charge in [-0.3, -0.25) is 0 Å². The largest absolute Gasteiger partial charge is 0.455 e. The van der Waals surface area contributed by atoms with Crippen LogP contribution in [0, 0.1) is 11.3 Å². The van der Waals surface area contributed by atoms with Gasteiger partial charge >= 0.3 is 5.97 Å². The fourth-order valence-corrected chi connectivity index (χ4v) is 0.435. The summed E-state index contributed by atoms with van der Waals surface area (Å²) in [7, 11) is 0. The highest BCUT2D eigenvalue weighted by atomic mass is 16.6. The molecule has 0 heterocycles. The summed E-state index contributed by atoms with van der Waals surface area (Å²) in [4.78, 5) is 10.9. The van der Waals surface area contributed by atoms with Gasteiger partial charge in [0.15, 0.2) is 0 Å². The average Bonchev–Trinajstić information content (AvgIpc) is 1.85. The highest BCUT2D eigenvalue weighted by molar-refractivity contribution is 6.42. The van der Waals surface area contributed by atoms with Gasteiger partial charge < -0.3 is 9.94 Å². The van der Waals surface area contributed by atoms with Crippen molar-refractivity contribution in [1.29, 1.82) is 5.26 Å². The van der Waals surface area contributed by atoms with Crippen LogP contribution in [-0.4, -0.2) is 22.5 Å². The predicted octanol–water partition coefficient (Wildman–Crippen LogP) is 0.682. The van der Waals surface area contributed by atoms with E-state index in [0.29, 0.717) is 0 Å². The van der Waals surface area contributed by atoms with Gasteiger partial charge in [-0.15, -0.1) is 0 Å². The number of hydrogen-bond acceptors (Lipinski definition) is 5. The fourth-order valence-electron chi connectivity index (χ4n) is 0.435. The maximum absolute atomic E-state index is 10.9. The third-order valence-electron chi connectivity index (χ3n) is 0.798. The maximum atomic E-state index is 10.9. The van der Waals surface area contributed by atoms with E-state index in [1.807, 2.05) is 0 Å². The lowest BCUT2D eigenvalue weighted by Gasteiger charge is -2.18. The minimum Gasteiger partial charge on any atom is -0.455 e. The molecule has 0 aliphatic heterocycles. The number of nitrogens with zero attached hydrogens (tertiary/aromatic N) is 2.